The highest BCUT2D eigenvalue weighted by molar-refractivity contribution is 6.32. The van der Waals surface area contributed by atoms with E-state index in [1.807, 2.05) is 6.92 Å². The van der Waals surface area contributed by atoms with E-state index in [0.29, 0.717) is 5.56 Å². The van der Waals surface area contributed by atoms with Crippen LogP contribution in [0.2, 0.25) is 5.15 Å². The molecule has 1 aromatic rings. The van der Waals surface area contributed by atoms with Crippen molar-refractivity contribution in [2.24, 2.45) is 0 Å². The lowest BCUT2D eigenvalue weighted by atomic mass is 10.2. The van der Waals surface area contributed by atoms with Crippen molar-refractivity contribution in [3.05, 3.63) is 28.5 Å². The summed E-state index contributed by atoms with van der Waals surface area (Å²) in [4.78, 5) is 15.4. The molecule has 0 atom stereocenters. The number of ketones is 1. The number of halogens is 1. The predicted octanol–water partition coefficient (Wildman–Crippen LogP) is 1.45. The molecule has 4 heteroatoms. The molecule has 0 saturated carbocycles. The van der Waals surface area contributed by atoms with Crippen LogP contribution in [0.4, 0.5) is 0 Å². The lowest BCUT2D eigenvalue weighted by Crippen LogP contribution is -2.19. The Bertz CT molecular complexity index is 325. The Hall–Kier alpha value is -0.930. The van der Waals surface area contributed by atoms with Gasteiger partial charge in [0.1, 0.15) is 5.15 Å². The predicted molar refractivity (Wildman–Crippen MR) is 52.2 cm³/mol. The number of hydrogen-bond donors (Lipinski definition) is 1. The Morgan fingerprint density at radius 1 is 1.62 bits per heavy atom. The zero-order valence-corrected chi connectivity index (χ0v) is 8.35. The van der Waals surface area contributed by atoms with E-state index in [2.05, 4.69) is 10.3 Å². The first-order chi connectivity index (χ1) is 6.15. The van der Waals surface area contributed by atoms with Crippen molar-refractivity contribution in [1.82, 2.24) is 10.3 Å². The molecule has 0 spiro atoms. The van der Waals surface area contributed by atoms with Crippen molar-refractivity contribution in [1.29, 1.82) is 0 Å². The number of Topliss-reactive ketones (excluding diaryl/α,β-unsaturated/α-hetero) is 1. The van der Waals surface area contributed by atoms with Gasteiger partial charge in [0.2, 0.25) is 0 Å². The maximum absolute atomic E-state index is 11.4. The number of carbonyl (C=O) groups is 1. The highest BCUT2D eigenvalue weighted by Gasteiger charge is 2.09. The summed E-state index contributed by atoms with van der Waals surface area (Å²) >= 11 is 5.80. The van der Waals surface area contributed by atoms with Crippen molar-refractivity contribution in [3.63, 3.8) is 0 Å². The van der Waals surface area contributed by atoms with Crippen molar-refractivity contribution < 1.29 is 4.79 Å². The standard InChI is InChI=1S/C9H11ClN2O/c1-6-3-4-7(9(10)12-6)8(13)5-11-2/h3-4,11H,5H2,1-2H3. The van der Waals surface area contributed by atoms with Gasteiger partial charge in [0.05, 0.1) is 12.1 Å². The molecule has 13 heavy (non-hydrogen) atoms. The molecule has 1 aromatic heterocycles. The first kappa shape index (κ1) is 10.2. The number of rotatable bonds is 3. The summed E-state index contributed by atoms with van der Waals surface area (Å²) in [6, 6.07) is 3.47. The molecule has 0 aromatic carbocycles. The molecule has 3 nitrogen and oxygen atoms in total. The summed E-state index contributed by atoms with van der Waals surface area (Å²) in [7, 11) is 1.72. The van der Waals surface area contributed by atoms with Crippen molar-refractivity contribution in [3.8, 4) is 0 Å². The molecule has 70 valence electrons. The van der Waals surface area contributed by atoms with Gasteiger partial charge in [-0.1, -0.05) is 11.6 Å². The minimum absolute atomic E-state index is 0.0417. The van der Waals surface area contributed by atoms with Crippen LogP contribution >= 0.6 is 11.6 Å². The van der Waals surface area contributed by atoms with Gasteiger partial charge in [-0.05, 0) is 26.1 Å². The Balaban J connectivity index is 2.95. The molecule has 0 aliphatic heterocycles. The van der Waals surface area contributed by atoms with Crippen LogP contribution in [0, 0.1) is 6.92 Å². The molecule has 0 unspecified atom stereocenters. The average Bonchev–Trinajstić information content (AvgIpc) is 2.04. The monoisotopic (exact) mass is 198 g/mol. The number of aromatic nitrogens is 1. The minimum Gasteiger partial charge on any atom is -0.313 e. The first-order valence-electron chi connectivity index (χ1n) is 3.96. The number of carbonyl (C=O) groups excluding carboxylic acids is 1. The summed E-state index contributed by atoms with van der Waals surface area (Å²) < 4.78 is 0. The Kier molecular flexibility index (Phi) is 3.39. The van der Waals surface area contributed by atoms with Gasteiger partial charge < -0.3 is 5.32 Å². The van der Waals surface area contributed by atoms with E-state index < -0.39 is 0 Å². The van der Waals surface area contributed by atoms with Crippen LogP contribution in [0.5, 0.6) is 0 Å². The van der Waals surface area contributed by atoms with Crippen LogP contribution in [-0.4, -0.2) is 24.4 Å². The fraction of sp³-hybridized carbons (Fsp3) is 0.333. The Morgan fingerprint density at radius 3 is 2.85 bits per heavy atom. The molecule has 0 aliphatic carbocycles. The Labute approximate surface area is 82.1 Å². The van der Waals surface area contributed by atoms with Gasteiger partial charge in [-0.25, -0.2) is 4.98 Å². The second-order valence-corrected chi connectivity index (χ2v) is 3.10. The lowest BCUT2D eigenvalue weighted by Gasteiger charge is -2.02. The molecule has 0 aliphatic rings. The van der Waals surface area contributed by atoms with E-state index in [4.69, 9.17) is 11.6 Å². The normalized spacial score (nSPS) is 10.1. The topological polar surface area (TPSA) is 42.0 Å². The minimum atomic E-state index is -0.0417. The maximum Gasteiger partial charge on any atom is 0.179 e. The fourth-order valence-corrected chi connectivity index (χ4v) is 1.29. The van der Waals surface area contributed by atoms with E-state index in [1.165, 1.54) is 0 Å². The van der Waals surface area contributed by atoms with Gasteiger partial charge in [0.15, 0.2) is 5.78 Å². The van der Waals surface area contributed by atoms with Crippen LogP contribution in [0.1, 0.15) is 16.1 Å². The first-order valence-corrected chi connectivity index (χ1v) is 4.34. The van der Waals surface area contributed by atoms with E-state index in [1.54, 1.807) is 19.2 Å². The van der Waals surface area contributed by atoms with Gasteiger partial charge in [0.25, 0.3) is 0 Å². The number of hydrogen-bond acceptors (Lipinski definition) is 3. The molecule has 1 N–H and O–H groups in total. The fourth-order valence-electron chi connectivity index (χ4n) is 0.989. The SMILES string of the molecule is CNCC(=O)c1ccc(C)nc1Cl. The van der Waals surface area contributed by atoms with Crippen LogP contribution < -0.4 is 5.32 Å². The van der Waals surface area contributed by atoms with E-state index in [9.17, 15) is 4.79 Å². The molecular weight excluding hydrogens is 188 g/mol. The molecule has 0 saturated heterocycles. The van der Waals surface area contributed by atoms with Gasteiger partial charge in [-0.15, -0.1) is 0 Å². The highest BCUT2D eigenvalue weighted by Crippen LogP contribution is 2.13. The second kappa shape index (κ2) is 4.35. The van der Waals surface area contributed by atoms with Gasteiger partial charge in [0, 0.05) is 5.69 Å². The maximum atomic E-state index is 11.4. The molecule has 0 amide bonds. The van der Waals surface area contributed by atoms with E-state index in [0.717, 1.165) is 5.69 Å². The molecule has 1 rings (SSSR count). The van der Waals surface area contributed by atoms with Crippen molar-refractivity contribution in [2.45, 2.75) is 6.92 Å². The number of pyridine rings is 1. The zero-order valence-electron chi connectivity index (χ0n) is 7.60. The summed E-state index contributed by atoms with van der Waals surface area (Å²) in [6.45, 7) is 2.11. The van der Waals surface area contributed by atoms with Crippen LogP contribution in [0.25, 0.3) is 0 Å². The average molecular weight is 199 g/mol. The van der Waals surface area contributed by atoms with Crippen molar-refractivity contribution in [2.75, 3.05) is 13.6 Å². The van der Waals surface area contributed by atoms with Crippen LogP contribution in [0.15, 0.2) is 12.1 Å². The van der Waals surface area contributed by atoms with Gasteiger partial charge in [-0.3, -0.25) is 4.79 Å². The van der Waals surface area contributed by atoms with E-state index in [-0.39, 0.29) is 17.5 Å². The molecule has 1 heterocycles. The summed E-state index contributed by atoms with van der Waals surface area (Å²) in [5.74, 6) is -0.0417. The van der Waals surface area contributed by atoms with Gasteiger partial charge in [-0.2, -0.15) is 0 Å². The highest BCUT2D eigenvalue weighted by atomic mass is 35.5. The summed E-state index contributed by atoms with van der Waals surface area (Å²) in [5.41, 5.74) is 1.28. The second-order valence-electron chi connectivity index (χ2n) is 2.74. The number of nitrogens with zero attached hydrogens (tertiary/aromatic N) is 1. The largest absolute Gasteiger partial charge is 0.313 e. The Morgan fingerprint density at radius 2 is 2.31 bits per heavy atom. The molecule has 0 radical (unpaired) electrons. The number of nitrogens with one attached hydrogen (secondary N) is 1. The van der Waals surface area contributed by atoms with Crippen molar-refractivity contribution >= 4 is 17.4 Å². The van der Waals surface area contributed by atoms with E-state index >= 15 is 0 Å². The van der Waals surface area contributed by atoms with Crippen LogP contribution in [-0.2, 0) is 0 Å². The number of likely N-dealkylation sites (N-methyl/N-ethyl adjacent to an activating group) is 1. The third-order valence-electron chi connectivity index (χ3n) is 1.63. The third-order valence-corrected chi connectivity index (χ3v) is 1.91. The lowest BCUT2D eigenvalue weighted by molar-refractivity contribution is 0.0993. The molecule has 0 bridgehead atoms. The third kappa shape index (κ3) is 2.50. The zero-order chi connectivity index (χ0) is 9.84. The van der Waals surface area contributed by atoms with Gasteiger partial charge >= 0.3 is 0 Å². The van der Waals surface area contributed by atoms with Crippen LogP contribution in [0.3, 0.4) is 0 Å². The summed E-state index contributed by atoms with van der Waals surface area (Å²) in [5, 5.41) is 3.05. The quantitative estimate of drug-likeness (QED) is 0.591. The molecular formula is C9H11ClN2O. The smallest absolute Gasteiger partial charge is 0.179 e. The molecule has 0 fully saturated rings. The summed E-state index contributed by atoms with van der Waals surface area (Å²) in [6.07, 6.45) is 0. The number of aryl methyl sites for hydroxylation is 1.